The highest BCUT2D eigenvalue weighted by Gasteiger charge is 2.36. The van der Waals surface area contributed by atoms with Gasteiger partial charge in [-0.2, -0.15) is 0 Å². The zero-order valence-corrected chi connectivity index (χ0v) is 15.0. The molecule has 0 bridgehead atoms. The molecule has 2 rings (SSSR count). The summed E-state index contributed by atoms with van der Waals surface area (Å²) in [6, 6.07) is 1.50. The predicted molar refractivity (Wildman–Crippen MR) is 91.7 cm³/mol. The van der Waals surface area contributed by atoms with Gasteiger partial charge >= 0.3 is 0 Å². The summed E-state index contributed by atoms with van der Waals surface area (Å²) in [5, 5.41) is 3.76. The summed E-state index contributed by atoms with van der Waals surface area (Å²) in [7, 11) is 2.29. The van der Waals surface area contributed by atoms with Crippen LogP contribution >= 0.6 is 0 Å². The lowest BCUT2D eigenvalue weighted by molar-refractivity contribution is 0.0507. The van der Waals surface area contributed by atoms with E-state index >= 15 is 0 Å². The maximum atomic E-state index is 3.76. The van der Waals surface area contributed by atoms with Gasteiger partial charge in [-0.25, -0.2) is 0 Å². The molecular weight excluding hydrogens is 258 g/mol. The monoisotopic (exact) mass is 295 g/mol. The maximum Gasteiger partial charge on any atom is 0.0218 e. The number of hydrogen-bond acceptors (Lipinski definition) is 3. The van der Waals surface area contributed by atoms with Crippen LogP contribution < -0.4 is 5.32 Å². The molecule has 0 aromatic heterocycles. The number of nitrogens with zero attached hydrogens (tertiary/aromatic N) is 2. The van der Waals surface area contributed by atoms with Crippen molar-refractivity contribution in [3.05, 3.63) is 0 Å². The fourth-order valence-electron chi connectivity index (χ4n) is 4.41. The molecule has 1 saturated carbocycles. The molecule has 2 aliphatic rings. The van der Waals surface area contributed by atoms with E-state index in [1.54, 1.807) is 0 Å². The lowest BCUT2D eigenvalue weighted by atomic mass is 9.69. The fraction of sp³-hybridized carbons (Fsp3) is 1.00. The molecule has 0 aromatic carbocycles. The van der Waals surface area contributed by atoms with Gasteiger partial charge in [0.2, 0.25) is 0 Å². The number of nitrogens with one attached hydrogen (secondary N) is 1. The smallest absolute Gasteiger partial charge is 0.0218 e. The minimum Gasteiger partial charge on any atom is -0.314 e. The van der Waals surface area contributed by atoms with Crippen LogP contribution in [0.3, 0.4) is 0 Å². The van der Waals surface area contributed by atoms with Crippen LogP contribution in [0.5, 0.6) is 0 Å². The molecule has 1 heterocycles. The number of piperazine rings is 1. The van der Waals surface area contributed by atoms with E-state index in [0.717, 1.165) is 24.5 Å². The van der Waals surface area contributed by atoms with Gasteiger partial charge in [-0.3, -0.25) is 0 Å². The Balaban J connectivity index is 1.94. The molecule has 0 spiro atoms. The summed E-state index contributed by atoms with van der Waals surface area (Å²) < 4.78 is 0. The molecular formula is C18H37N3. The van der Waals surface area contributed by atoms with E-state index in [1.165, 1.54) is 51.9 Å². The Morgan fingerprint density at radius 1 is 1.19 bits per heavy atom. The molecule has 3 atom stereocenters. The van der Waals surface area contributed by atoms with Crippen LogP contribution in [0.1, 0.15) is 53.4 Å². The molecule has 1 aliphatic carbocycles. The molecule has 1 aliphatic heterocycles. The van der Waals surface area contributed by atoms with Gasteiger partial charge in [0.1, 0.15) is 0 Å². The first-order valence-corrected chi connectivity index (χ1v) is 9.11. The van der Waals surface area contributed by atoms with E-state index in [2.05, 4.69) is 49.9 Å². The first kappa shape index (κ1) is 17.2. The van der Waals surface area contributed by atoms with Crippen molar-refractivity contribution in [1.82, 2.24) is 15.1 Å². The molecule has 3 heteroatoms. The Morgan fingerprint density at radius 2 is 1.95 bits per heavy atom. The van der Waals surface area contributed by atoms with E-state index < -0.39 is 0 Å². The first-order chi connectivity index (χ1) is 9.95. The minimum absolute atomic E-state index is 0.535. The van der Waals surface area contributed by atoms with Crippen LogP contribution in [0, 0.1) is 11.3 Å². The molecule has 3 nitrogen and oxygen atoms in total. The average molecular weight is 296 g/mol. The van der Waals surface area contributed by atoms with E-state index in [-0.39, 0.29) is 0 Å². The van der Waals surface area contributed by atoms with Gasteiger partial charge in [0.25, 0.3) is 0 Å². The number of likely N-dealkylation sites (N-methyl/N-ethyl adjacent to an activating group) is 1. The summed E-state index contributed by atoms with van der Waals surface area (Å²) in [6.07, 6.45) is 5.39. The van der Waals surface area contributed by atoms with Gasteiger partial charge in [0.15, 0.2) is 0 Å². The third-order valence-electron chi connectivity index (χ3n) is 5.81. The van der Waals surface area contributed by atoms with Crippen LogP contribution in [0.2, 0.25) is 0 Å². The van der Waals surface area contributed by atoms with Gasteiger partial charge < -0.3 is 15.1 Å². The summed E-state index contributed by atoms with van der Waals surface area (Å²) in [5.41, 5.74) is 0.535. The Morgan fingerprint density at radius 3 is 2.62 bits per heavy atom. The van der Waals surface area contributed by atoms with E-state index in [4.69, 9.17) is 0 Å². The Kier molecular flexibility index (Phi) is 6.10. The molecule has 0 amide bonds. The van der Waals surface area contributed by atoms with Crippen molar-refractivity contribution in [3.8, 4) is 0 Å². The third kappa shape index (κ3) is 4.67. The maximum absolute atomic E-state index is 3.76. The summed E-state index contributed by atoms with van der Waals surface area (Å²) >= 11 is 0. The van der Waals surface area contributed by atoms with Crippen LogP contribution in [-0.2, 0) is 0 Å². The predicted octanol–water partition coefficient (Wildman–Crippen LogP) is 2.82. The zero-order chi connectivity index (χ0) is 15.5. The largest absolute Gasteiger partial charge is 0.314 e. The zero-order valence-electron chi connectivity index (χ0n) is 15.0. The van der Waals surface area contributed by atoms with E-state index in [9.17, 15) is 0 Å². The quantitative estimate of drug-likeness (QED) is 0.841. The van der Waals surface area contributed by atoms with Crippen molar-refractivity contribution in [2.45, 2.75) is 65.5 Å². The average Bonchev–Trinajstić information content (AvgIpc) is 2.43. The van der Waals surface area contributed by atoms with Crippen LogP contribution in [0.15, 0.2) is 0 Å². The van der Waals surface area contributed by atoms with Crippen molar-refractivity contribution in [2.75, 3.05) is 39.8 Å². The molecule has 1 N–H and O–H groups in total. The van der Waals surface area contributed by atoms with Gasteiger partial charge in [0, 0.05) is 38.3 Å². The first-order valence-electron chi connectivity index (χ1n) is 9.11. The fourth-order valence-corrected chi connectivity index (χ4v) is 4.41. The van der Waals surface area contributed by atoms with Gasteiger partial charge in [-0.1, -0.05) is 27.7 Å². The van der Waals surface area contributed by atoms with E-state index in [0.29, 0.717) is 5.41 Å². The second kappa shape index (κ2) is 7.43. The second-order valence-electron chi connectivity index (χ2n) is 8.13. The lowest BCUT2D eigenvalue weighted by Gasteiger charge is -2.45. The van der Waals surface area contributed by atoms with Crippen molar-refractivity contribution in [2.24, 2.45) is 11.3 Å². The van der Waals surface area contributed by atoms with Crippen LogP contribution in [-0.4, -0.2) is 61.7 Å². The lowest BCUT2D eigenvalue weighted by Crippen LogP contribution is -2.54. The van der Waals surface area contributed by atoms with Gasteiger partial charge in [-0.15, -0.1) is 0 Å². The Hall–Kier alpha value is -0.120. The SMILES string of the molecule is CCNC1CCC(C)(C)CC1CN1CCN(C)C(CC)C1. The Bertz CT molecular complexity index is 316. The third-order valence-corrected chi connectivity index (χ3v) is 5.81. The highest BCUT2D eigenvalue weighted by atomic mass is 15.3. The number of rotatable bonds is 5. The summed E-state index contributed by atoms with van der Waals surface area (Å²) in [4.78, 5) is 5.29. The minimum atomic E-state index is 0.535. The van der Waals surface area contributed by atoms with Crippen LogP contribution in [0.25, 0.3) is 0 Å². The Labute approximate surface area is 132 Å². The molecule has 2 fully saturated rings. The summed E-state index contributed by atoms with van der Waals surface area (Å²) in [5.74, 6) is 0.828. The highest BCUT2D eigenvalue weighted by Crippen LogP contribution is 2.39. The molecule has 0 aromatic rings. The van der Waals surface area contributed by atoms with E-state index in [1.807, 2.05) is 0 Å². The molecule has 1 saturated heterocycles. The molecule has 124 valence electrons. The van der Waals surface area contributed by atoms with Crippen LogP contribution in [0.4, 0.5) is 0 Å². The second-order valence-corrected chi connectivity index (χ2v) is 8.13. The van der Waals surface area contributed by atoms with Crippen molar-refractivity contribution in [3.63, 3.8) is 0 Å². The van der Waals surface area contributed by atoms with Crippen molar-refractivity contribution in [1.29, 1.82) is 0 Å². The summed E-state index contributed by atoms with van der Waals surface area (Å²) in [6.45, 7) is 15.7. The highest BCUT2D eigenvalue weighted by molar-refractivity contribution is 4.91. The molecule has 3 unspecified atom stereocenters. The van der Waals surface area contributed by atoms with Crippen molar-refractivity contribution < 1.29 is 0 Å². The standard InChI is InChI=1S/C18H37N3/c1-6-16-14-21(11-10-20(16)5)13-15-12-18(3,4)9-8-17(15)19-7-2/h15-17,19H,6-14H2,1-5H3. The normalized spacial score (nSPS) is 35.0. The molecule has 21 heavy (non-hydrogen) atoms. The van der Waals surface area contributed by atoms with Gasteiger partial charge in [0.05, 0.1) is 0 Å². The number of hydrogen-bond donors (Lipinski definition) is 1. The van der Waals surface area contributed by atoms with Crippen molar-refractivity contribution >= 4 is 0 Å². The molecule has 0 radical (unpaired) electrons. The topological polar surface area (TPSA) is 18.5 Å². The van der Waals surface area contributed by atoms with Gasteiger partial charge in [-0.05, 0) is 50.6 Å².